The molecule has 2 amide bonds. The number of carbonyl (C=O) groups is 2. The van der Waals surface area contributed by atoms with Crippen molar-refractivity contribution in [2.75, 3.05) is 5.32 Å². The summed E-state index contributed by atoms with van der Waals surface area (Å²) in [5.41, 5.74) is 2.31. The lowest BCUT2D eigenvalue weighted by Crippen LogP contribution is -2.22. The van der Waals surface area contributed by atoms with Gasteiger partial charge in [-0.15, -0.1) is 0 Å². The van der Waals surface area contributed by atoms with E-state index in [4.69, 9.17) is 4.42 Å². The molecule has 0 saturated heterocycles. The van der Waals surface area contributed by atoms with Crippen molar-refractivity contribution in [2.24, 2.45) is 5.92 Å². The number of carbonyl (C=O) groups excluding carboxylic acids is 2. The number of nitrogens with one attached hydrogen (secondary N) is 2. The molecule has 0 spiro atoms. The number of furan rings is 1. The van der Waals surface area contributed by atoms with Gasteiger partial charge >= 0.3 is 0 Å². The van der Waals surface area contributed by atoms with Gasteiger partial charge in [0.15, 0.2) is 5.76 Å². The highest BCUT2D eigenvalue weighted by Crippen LogP contribution is 2.30. The molecule has 1 aliphatic rings. The number of para-hydroxylation sites is 1. The number of hydrogen-bond donors (Lipinski definition) is 2. The van der Waals surface area contributed by atoms with Crippen molar-refractivity contribution in [2.45, 2.75) is 19.4 Å². The number of anilines is 1. The SMILES string of the molecule is O=C(NCc1cccc(NC(=O)C2CC2)c1)c1cc2cccc(Br)c2o1. The second-order valence-electron chi connectivity index (χ2n) is 6.42. The molecule has 6 heteroatoms. The van der Waals surface area contributed by atoms with E-state index in [2.05, 4.69) is 26.6 Å². The van der Waals surface area contributed by atoms with E-state index in [0.717, 1.165) is 34.0 Å². The Morgan fingerprint density at radius 3 is 2.69 bits per heavy atom. The normalized spacial score (nSPS) is 13.6. The fourth-order valence-corrected chi connectivity index (χ4v) is 3.22. The fourth-order valence-electron chi connectivity index (χ4n) is 2.76. The standard InChI is InChI=1S/C20H17BrN2O3/c21-16-6-2-4-14-10-17(26-18(14)16)20(25)22-11-12-3-1-5-15(9-12)23-19(24)13-7-8-13/h1-6,9-10,13H,7-8,11H2,(H,22,25)(H,23,24). The molecule has 1 saturated carbocycles. The number of halogens is 1. The molecule has 5 nitrogen and oxygen atoms in total. The highest BCUT2D eigenvalue weighted by atomic mass is 79.9. The Balaban J connectivity index is 1.42. The van der Waals surface area contributed by atoms with E-state index in [1.165, 1.54) is 0 Å². The fraction of sp³-hybridized carbons (Fsp3) is 0.200. The quantitative estimate of drug-likeness (QED) is 0.648. The molecule has 3 aromatic rings. The first-order chi connectivity index (χ1) is 12.6. The third-order valence-corrected chi connectivity index (χ3v) is 4.94. The van der Waals surface area contributed by atoms with Gasteiger partial charge in [0.2, 0.25) is 5.91 Å². The highest BCUT2D eigenvalue weighted by Gasteiger charge is 2.29. The summed E-state index contributed by atoms with van der Waals surface area (Å²) in [4.78, 5) is 24.2. The molecule has 2 N–H and O–H groups in total. The maximum Gasteiger partial charge on any atom is 0.287 e. The van der Waals surface area contributed by atoms with Crippen LogP contribution in [0.2, 0.25) is 0 Å². The van der Waals surface area contributed by atoms with E-state index in [9.17, 15) is 9.59 Å². The third-order valence-electron chi connectivity index (χ3n) is 4.32. The van der Waals surface area contributed by atoms with Gasteiger partial charge in [-0.2, -0.15) is 0 Å². The lowest BCUT2D eigenvalue weighted by atomic mass is 10.2. The lowest BCUT2D eigenvalue weighted by Gasteiger charge is -2.08. The van der Waals surface area contributed by atoms with E-state index in [-0.39, 0.29) is 23.5 Å². The van der Waals surface area contributed by atoms with E-state index in [1.54, 1.807) is 6.07 Å². The molecule has 0 bridgehead atoms. The minimum Gasteiger partial charge on any atom is -0.450 e. The first-order valence-corrected chi connectivity index (χ1v) is 9.25. The van der Waals surface area contributed by atoms with Crippen molar-refractivity contribution in [3.63, 3.8) is 0 Å². The largest absolute Gasteiger partial charge is 0.450 e. The molecule has 1 aromatic heterocycles. The topological polar surface area (TPSA) is 71.3 Å². The smallest absolute Gasteiger partial charge is 0.287 e. The highest BCUT2D eigenvalue weighted by molar-refractivity contribution is 9.10. The number of hydrogen-bond acceptors (Lipinski definition) is 3. The molecule has 0 atom stereocenters. The van der Waals surface area contributed by atoms with Crippen molar-refractivity contribution >= 4 is 44.4 Å². The number of rotatable bonds is 5. The van der Waals surface area contributed by atoms with Crippen LogP contribution in [0.15, 0.2) is 57.4 Å². The molecule has 0 aliphatic heterocycles. The zero-order chi connectivity index (χ0) is 18.1. The predicted octanol–water partition coefficient (Wildman–Crippen LogP) is 4.47. The van der Waals surface area contributed by atoms with Crippen LogP contribution in [0.25, 0.3) is 11.0 Å². The maximum absolute atomic E-state index is 12.4. The Bertz CT molecular complexity index is 992. The molecule has 1 fully saturated rings. The van der Waals surface area contributed by atoms with Crippen molar-refractivity contribution in [3.8, 4) is 0 Å². The van der Waals surface area contributed by atoms with Crippen molar-refractivity contribution in [1.29, 1.82) is 0 Å². The second kappa shape index (κ2) is 6.96. The van der Waals surface area contributed by atoms with Gasteiger partial charge in [0.25, 0.3) is 5.91 Å². The Hall–Kier alpha value is -2.60. The monoisotopic (exact) mass is 412 g/mol. The molecule has 26 heavy (non-hydrogen) atoms. The lowest BCUT2D eigenvalue weighted by molar-refractivity contribution is -0.117. The summed E-state index contributed by atoms with van der Waals surface area (Å²) in [7, 11) is 0. The Morgan fingerprint density at radius 2 is 1.92 bits per heavy atom. The van der Waals surface area contributed by atoms with Crippen molar-refractivity contribution < 1.29 is 14.0 Å². The molecular weight excluding hydrogens is 396 g/mol. The van der Waals surface area contributed by atoms with Crippen LogP contribution in [0.4, 0.5) is 5.69 Å². The van der Waals surface area contributed by atoms with E-state index in [1.807, 2.05) is 42.5 Å². The number of fused-ring (bicyclic) bond motifs is 1. The van der Waals surface area contributed by atoms with Crippen LogP contribution < -0.4 is 10.6 Å². The van der Waals surface area contributed by atoms with Gasteiger partial charge in [-0.05, 0) is 58.6 Å². The molecule has 2 aromatic carbocycles. The van der Waals surface area contributed by atoms with Crippen LogP contribution in [0.5, 0.6) is 0 Å². The van der Waals surface area contributed by atoms with E-state index < -0.39 is 0 Å². The predicted molar refractivity (Wildman–Crippen MR) is 103 cm³/mol. The minimum atomic E-state index is -0.277. The van der Waals surface area contributed by atoms with Gasteiger partial charge in [-0.1, -0.05) is 24.3 Å². The first kappa shape index (κ1) is 16.8. The maximum atomic E-state index is 12.4. The molecule has 4 rings (SSSR count). The van der Waals surface area contributed by atoms with Crippen LogP contribution in [0.1, 0.15) is 29.0 Å². The molecule has 1 aliphatic carbocycles. The summed E-state index contributed by atoms with van der Waals surface area (Å²) in [6, 6.07) is 14.9. The van der Waals surface area contributed by atoms with E-state index in [0.29, 0.717) is 12.1 Å². The van der Waals surface area contributed by atoms with Gasteiger partial charge in [0, 0.05) is 23.5 Å². The summed E-state index contributed by atoms with van der Waals surface area (Å²) in [5, 5.41) is 6.63. The zero-order valence-electron chi connectivity index (χ0n) is 13.9. The summed E-state index contributed by atoms with van der Waals surface area (Å²) < 4.78 is 6.46. The van der Waals surface area contributed by atoms with Crippen LogP contribution >= 0.6 is 15.9 Å². The molecule has 132 valence electrons. The second-order valence-corrected chi connectivity index (χ2v) is 7.27. The van der Waals surface area contributed by atoms with Gasteiger partial charge in [0.05, 0.1) is 4.47 Å². The van der Waals surface area contributed by atoms with Gasteiger partial charge in [-0.25, -0.2) is 0 Å². The van der Waals surface area contributed by atoms with Crippen LogP contribution in [0, 0.1) is 5.92 Å². The van der Waals surface area contributed by atoms with Gasteiger partial charge < -0.3 is 15.1 Å². The minimum absolute atomic E-state index is 0.0686. The van der Waals surface area contributed by atoms with Crippen LogP contribution in [-0.2, 0) is 11.3 Å². The number of benzene rings is 2. The van der Waals surface area contributed by atoms with E-state index >= 15 is 0 Å². The molecular formula is C20H17BrN2O3. The van der Waals surface area contributed by atoms with Gasteiger partial charge in [-0.3, -0.25) is 9.59 Å². The molecule has 1 heterocycles. The van der Waals surface area contributed by atoms with Crippen molar-refractivity contribution in [1.82, 2.24) is 5.32 Å². The van der Waals surface area contributed by atoms with Crippen LogP contribution in [0.3, 0.4) is 0 Å². The zero-order valence-corrected chi connectivity index (χ0v) is 15.5. The Labute approximate surface area is 158 Å². The van der Waals surface area contributed by atoms with Crippen molar-refractivity contribution in [3.05, 3.63) is 64.3 Å². The summed E-state index contributed by atoms with van der Waals surface area (Å²) in [6.45, 7) is 0.351. The first-order valence-electron chi connectivity index (χ1n) is 8.46. The summed E-state index contributed by atoms with van der Waals surface area (Å²) >= 11 is 3.42. The number of amides is 2. The van der Waals surface area contributed by atoms with Crippen LogP contribution in [-0.4, -0.2) is 11.8 Å². The Morgan fingerprint density at radius 1 is 1.12 bits per heavy atom. The molecule has 0 radical (unpaired) electrons. The summed E-state index contributed by atoms with van der Waals surface area (Å²) in [6.07, 6.45) is 1.93. The third kappa shape index (κ3) is 3.65. The Kier molecular flexibility index (Phi) is 4.51. The molecule has 0 unspecified atom stereocenters. The summed E-state index contributed by atoms with van der Waals surface area (Å²) in [5.74, 6) is 0.218. The average molecular weight is 413 g/mol. The average Bonchev–Trinajstić information content (AvgIpc) is 3.39. The van der Waals surface area contributed by atoms with Gasteiger partial charge in [0.1, 0.15) is 5.58 Å².